The van der Waals surface area contributed by atoms with Crippen LogP contribution >= 0.6 is 24.8 Å². The number of nitrogens with two attached hydrogens (primary N) is 1. The van der Waals surface area contributed by atoms with Gasteiger partial charge in [-0.1, -0.05) is 6.07 Å². The van der Waals surface area contributed by atoms with Gasteiger partial charge < -0.3 is 15.5 Å². The van der Waals surface area contributed by atoms with Gasteiger partial charge in [-0.05, 0) is 63.4 Å². The quantitative estimate of drug-likeness (QED) is 0.824. The maximum Gasteiger partial charge on any atom is 0.253 e. The first-order valence-electron chi connectivity index (χ1n) is 8.13. The Bertz CT molecular complexity index is 506. The SMILES string of the molecule is Cl.Cl.Nc1cccc(C(=O)N2CCCC(N3CCCC3)CC2)c1. The summed E-state index contributed by atoms with van der Waals surface area (Å²) >= 11 is 0. The largest absolute Gasteiger partial charge is 0.399 e. The fourth-order valence-electron chi connectivity index (χ4n) is 3.61. The molecule has 130 valence electrons. The second-order valence-corrected chi connectivity index (χ2v) is 6.25. The Morgan fingerprint density at radius 3 is 2.43 bits per heavy atom. The molecule has 0 spiro atoms. The van der Waals surface area contributed by atoms with Crippen LogP contribution in [0.15, 0.2) is 24.3 Å². The van der Waals surface area contributed by atoms with Gasteiger partial charge in [0, 0.05) is 30.4 Å². The number of nitrogens with zero attached hydrogens (tertiary/aromatic N) is 2. The number of likely N-dealkylation sites (tertiary alicyclic amines) is 2. The highest BCUT2D eigenvalue weighted by atomic mass is 35.5. The molecule has 2 fully saturated rings. The van der Waals surface area contributed by atoms with Crippen LogP contribution in [0.1, 0.15) is 42.5 Å². The van der Waals surface area contributed by atoms with Crippen LogP contribution in [-0.4, -0.2) is 47.9 Å². The second-order valence-electron chi connectivity index (χ2n) is 6.25. The van der Waals surface area contributed by atoms with E-state index in [-0.39, 0.29) is 30.7 Å². The van der Waals surface area contributed by atoms with Gasteiger partial charge >= 0.3 is 0 Å². The summed E-state index contributed by atoms with van der Waals surface area (Å²) in [6.45, 7) is 4.23. The number of nitrogen functional groups attached to an aromatic ring is 1. The van der Waals surface area contributed by atoms with Gasteiger partial charge in [-0.3, -0.25) is 4.79 Å². The number of benzene rings is 1. The lowest BCUT2D eigenvalue weighted by Crippen LogP contribution is -2.35. The van der Waals surface area contributed by atoms with Crippen molar-refractivity contribution in [1.82, 2.24) is 9.80 Å². The molecule has 23 heavy (non-hydrogen) atoms. The van der Waals surface area contributed by atoms with Gasteiger partial charge in [0.2, 0.25) is 0 Å². The van der Waals surface area contributed by atoms with Crippen molar-refractivity contribution in [3.63, 3.8) is 0 Å². The first-order chi connectivity index (χ1) is 10.2. The van der Waals surface area contributed by atoms with Crippen LogP contribution in [0.25, 0.3) is 0 Å². The normalized spacial score (nSPS) is 21.9. The summed E-state index contributed by atoms with van der Waals surface area (Å²) in [5.74, 6) is 0.129. The van der Waals surface area contributed by atoms with Gasteiger partial charge in [0.1, 0.15) is 0 Å². The van der Waals surface area contributed by atoms with E-state index in [2.05, 4.69) is 4.90 Å². The molecular formula is C17H27Cl2N3O. The summed E-state index contributed by atoms with van der Waals surface area (Å²) in [7, 11) is 0. The maximum atomic E-state index is 12.6. The average Bonchev–Trinajstić information content (AvgIpc) is 2.91. The number of amides is 1. The predicted molar refractivity (Wildman–Crippen MR) is 99.7 cm³/mol. The fraction of sp³-hybridized carbons (Fsp3) is 0.588. The summed E-state index contributed by atoms with van der Waals surface area (Å²) in [5, 5.41) is 0. The Labute approximate surface area is 151 Å². The van der Waals surface area contributed by atoms with Crippen LogP contribution in [0.5, 0.6) is 0 Å². The minimum Gasteiger partial charge on any atom is -0.399 e. The monoisotopic (exact) mass is 359 g/mol. The highest BCUT2D eigenvalue weighted by Crippen LogP contribution is 2.22. The molecule has 1 aromatic carbocycles. The van der Waals surface area contributed by atoms with Crippen LogP contribution in [0, 0.1) is 0 Å². The van der Waals surface area contributed by atoms with E-state index in [0.717, 1.165) is 31.5 Å². The third-order valence-electron chi connectivity index (χ3n) is 4.78. The van der Waals surface area contributed by atoms with E-state index >= 15 is 0 Å². The number of hydrogen-bond donors (Lipinski definition) is 1. The first kappa shape index (κ1) is 20.1. The molecule has 3 rings (SSSR count). The van der Waals surface area contributed by atoms with E-state index in [4.69, 9.17) is 5.73 Å². The van der Waals surface area contributed by atoms with Crippen LogP contribution < -0.4 is 5.73 Å². The molecule has 1 amide bonds. The number of hydrogen-bond acceptors (Lipinski definition) is 3. The molecule has 4 nitrogen and oxygen atoms in total. The Morgan fingerprint density at radius 2 is 1.74 bits per heavy atom. The summed E-state index contributed by atoms with van der Waals surface area (Å²) in [6.07, 6.45) is 6.11. The molecule has 1 unspecified atom stereocenters. The molecule has 0 bridgehead atoms. The molecule has 1 atom stereocenters. The smallest absolute Gasteiger partial charge is 0.253 e. The van der Waals surface area contributed by atoms with Crippen molar-refractivity contribution in [2.24, 2.45) is 0 Å². The third kappa shape index (κ3) is 5.00. The van der Waals surface area contributed by atoms with Gasteiger partial charge in [0.05, 0.1) is 0 Å². The lowest BCUT2D eigenvalue weighted by atomic mass is 10.1. The Kier molecular flexibility index (Phi) is 8.17. The summed E-state index contributed by atoms with van der Waals surface area (Å²) in [5.41, 5.74) is 7.16. The zero-order valence-electron chi connectivity index (χ0n) is 13.4. The average molecular weight is 360 g/mol. The van der Waals surface area contributed by atoms with Crippen molar-refractivity contribution >= 4 is 36.4 Å². The second kappa shape index (κ2) is 9.36. The zero-order valence-corrected chi connectivity index (χ0v) is 15.1. The number of carbonyl (C=O) groups is 1. The predicted octanol–water partition coefficient (Wildman–Crippen LogP) is 3.20. The van der Waals surface area contributed by atoms with E-state index in [1.54, 1.807) is 6.07 Å². The Balaban J connectivity index is 0.00000132. The molecule has 2 saturated heterocycles. The van der Waals surface area contributed by atoms with Gasteiger partial charge in [0.15, 0.2) is 0 Å². The van der Waals surface area contributed by atoms with Crippen LogP contribution in [0.2, 0.25) is 0 Å². The van der Waals surface area contributed by atoms with Gasteiger partial charge in [-0.2, -0.15) is 0 Å². The van der Waals surface area contributed by atoms with Crippen LogP contribution in [0.4, 0.5) is 5.69 Å². The Morgan fingerprint density at radius 1 is 1.00 bits per heavy atom. The lowest BCUT2D eigenvalue weighted by Gasteiger charge is -2.26. The van der Waals surface area contributed by atoms with Crippen LogP contribution in [0.3, 0.4) is 0 Å². The molecule has 6 heteroatoms. The fourth-order valence-corrected chi connectivity index (χ4v) is 3.61. The molecule has 2 heterocycles. The molecule has 0 aliphatic carbocycles. The van der Waals surface area contributed by atoms with E-state index in [1.165, 1.54) is 32.4 Å². The van der Waals surface area contributed by atoms with Crippen molar-refractivity contribution in [1.29, 1.82) is 0 Å². The molecule has 2 N–H and O–H groups in total. The number of anilines is 1. The minimum absolute atomic E-state index is 0. The summed E-state index contributed by atoms with van der Waals surface area (Å²) in [6, 6.07) is 7.99. The summed E-state index contributed by atoms with van der Waals surface area (Å²) < 4.78 is 0. The zero-order chi connectivity index (χ0) is 14.7. The van der Waals surface area contributed by atoms with Crippen molar-refractivity contribution in [2.45, 2.75) is 38.1 Å². The number of carbonyl (C=O) groups excluding carboxylic acids is 1. The maximum absolute atomic E-state index is 12.6. The van der Waals surface area contributed by atoms with Gasteiger partial charge in [-0.25, -0.2) is 0 Å². The van der Waals surface area contributed by atoms with E-state index in [0.29, 0.717) is 11.7 Å². The van der Waals surface area contributed by atoms with Crippen molar-refractivity contribution < 1.29 is 4.79 Å². The minimum atomic E-state index is 0. The van der Waals surface area contributed by atoms with Crippen molar-refractivity contribution in [3.8, 4) is 0 Å². The molecule has 0 saturated carbocycles. The van der Waals surface area contributed by atoms with E-state index in [1.807, 2.05) is 23.1 Å². The van der Waals surface area contributed by atoms with Gasteiger partial charge in [-0.15, -0.1) is 24.8 Å². The van der Waals surface area contributed by atoms with E-state index in [9.17, 15) is 4.79 Å². The number of halogens is 2. The van der Waals surface area contributed by atoms with Gasteiger partial charge in [0.25, 0.3) is 5.91 Å². The van der Waals surface area contributed by atoms with Crippen molar-refractivity contribution in [2.75, 3.05) is 31.9 Å². The van der Waals surface area contributed by atoms with Crippen LogP contribution in [-0.2, 0) is 0 Å². The molecule has 0 radical (unpaired) electrons. The molecule has 1 aromatic rings. The Hall–Kier alpha value is -0.970. The highest BCUT2D eigenvalue weighted by Gasteiger charge is 2.26. The number of rotatable bonds is 2. The summed E-state index contributed by atoms with van der Waals surface area (Å²) in [4.78, 5) is 17.2. The third-order valence-corrected chi connectivity index (χ3v) is 4.78. The standard InChI is InChI=1S/C17H25N3O.2ClH/c18-15-6-3-5-14(13-15)17(21)20-11-4-7-16(8-12-20)19-9-1-2-10-19;;/h3,5-6,13,16H,1-2,4,7-12,18H2;2*1H. The molecule has 0 aromatic heterocycles. The molecule has 2 aliphatic rings. The lowest BCUT2D eigenvalue weighted by molar-refractivity contribution is 0.0758. The molecule has 2 aliphatic heterocycles. The van der Waals surface area contributed by atoms with E-state index < -0.39 is 0 Å². The first-order valence-corrected chi connectivity index (χ1v) is 8.13. The van der Waals surface area contributed by atoms with Crippen molar-refractivity contribution in [3.05, 3.63) is 29.8 Å². The highest BCUT2D eigenvalue weighted by molar-refractivity contribution is 5.95. The topological polar surface area (TPSA) is 49.6 Å². The molecular weight excluding hydrogens is 333 g/mol.